The topological polar surface area (TPSA) is 43.1 Å². The molecule has 2 atom stereocenters. The quantitative estimate of drug-likeness (QED) is 0.899. The van der Waals surface area contributed by atoms with Gasteiger partial charge in [0.25, 0.3) is 0 Å². The Kier molecular flexibility index (Phi) is 3.48. The Labute approximate surface area is 105 Å². The van der Waals surface area contributed by atoms with E-state index in [9.17, 15) is 13.6 Å². The second kappa shape index (κ2) is 4.76. The van der Waals surface area contributed by atoms with Gasteiger partial charge in [-0.25, -0.2) is 8.78 Å². The number of Topliss-reactive ketones (excluding diaryl/α,β-unsaturated/α-hetero) is 1. The fraction of sp³-hybridized carbons (Fsp3) is 0.500. The minimum absolute atomic E-state index is 0.150. The van der Waals surface area contributed by atoms with Crippen molar-refractivity contribution in [3.63, 3.8) is 0 Å². The molecule has 0 aliphatic heterocycles. The largest absolute Gasteiger partial charge is 0.327 e. The summed E-state index contributed by atoms with van der Waals surface area (Å²) in [4.78, 5) is 12.2. The third-order valence-corrected chi connectivity index (χ3v) is 4.07. The van der Waals surface area contributed by atoms with Crippen LogP contribution in [-0.4, -0.2) is 11.8 Å². The molecular weight excluding hydrogens is 236 g/mol. The van der Waals surface area contributed by atoms with Crippen LogP contribution in [0.25, 0.3) is 0 Å². The zero-order chi connectivity index (χ0) is 13.3. The van der Waals surface area contributed by atoms with Crippen molar-refractivity contribution in [3.05, 3.63) is 35.4 Å². The number of carbonyl (C=O) groups is 1. The van der Waals surface area contributed by atoms with Gasteiger partial charge in [0.1, 0.15) is 17.4 Å². The average molecular weight is 253 g/mol. The monoisotopic (exact) mass is 253 g/mol. The molecule has 1 aromatic carbocycles. The minimum Gasteiger partial charge on any atom is -0.327 e. The van der Waals surface area contributed by atoms with E-state index in [1.807, 2.05) is 0 Å². The van der Waals surface area contributed by atoms with Gasteiger partial charge in [0.15, 0.2) is 0 Å². The lowest BCUT2D eigenvalue weighted by molar-refractivity contribution is -0.127. The molecule has 1 fully saturated rings. The zero-order valence-corrected chi connectivity index (χ0v) is 10.4. The fourth-order valence-electron chi connectivity index (χ4n) is 2.60. The lowest BCUT2D eigenvalue weighted by Gasteiger charge is -2.27. The molecule has 2 unspecified atom stereocenters. The van der Waals surface area contributed by atoms with Crippen molar-refractivity contribution in [3.8, 4) is 0 Å². The lowest BCUT2D eigenvalue weighted by atomic mass is 9.78. The van der Waals surface area contributed by atoms with Crippen LogP contribution in [0, 0.1) is 17.0 Å². The molecule has 18 heavy (non-hydrogen) atoms. The molecule has 2 nitrogen and oxygen atoms in total. The summed E-state index contributed by atoms with van der Waals surface area (Å²) in [5.74, 6) is -1.51. The molecule has 0 aromatic heterocycles. The van der Waals surface area contributed by atoms with E-state index in [0.29, 0.717) is 6.42 Å². The fourth-order valence-corrected chi connectivity index (χ4v) is 2.60. The summed E-state index contributed by atoms with van der Waals surface area (Å²) in [6.45, 7) is 1.80. The first-order chi connectivity index (χ1) is 8.45. The molecule has 4 heteroatoms. The molecule has 1 saturated carbocycles. The molecule has 1 aliphatic rings. The molecule has 0 heterocycles. The normalized spacial score (nSPS) is 27.4. The summed E-state index contributed by atoms with van der Waals surface area (Å²) in [6, 6.07) is 3.42. The highest BCUT2D eigenvalue weighted by Gasteiger charge is 2.42. The Morgan fingerprint density at radius 3 is 2.56 bits per heavy atom. The van der Waals surface area contributed by atoms with Crippen LogP contribution in [0.15, 0.2) is 18.2 Å². The first-order valence-electron chi connectivity index (χ1n) is 6.17. The third kappa shape index (κ3) is 2.17. The van der Waals surface area contributed by atoms with E-state index < -0.39 is 17.0 Å². The SMILES string of the molecule is CC1(C(=O)Cc2c(F)cccc2F)CCCC1N. The van der Waals surface area contributed by atoms with Gasteiger partial charge in [-0.05, 0) is 25.0 Å². The van der Waals surface area contributed by atoms with E-state index in [-0.39, 0.29) is 23.8 Å². The first kappa shape index (κ1) is 13.1. The van der Waals surface area contributed by atoms with Gasteiger partial charge in [-0.2, -0.15) is 0 Å². The average Bonchev–Trinajstić information content (AvgIpc) is 2.66. The molecule has 1 aliphatic carbocycles. The summed E-state index contributed by atoms with van der Waals surface area (Å²) in [5.41, 5.74) is 5.14. The Bertz CT molecular complexity index is 455. The standard InChI is InChI=1S/C14H17F2NO/c1-14(7-3-6-12(14)17)13(18)8-9-10(15)4-2-5-11(9)16/h2,4-5,12H,3,6-8,17H2,1H3. The maximum Gasteiger partial charge on any atom is 0.144 e. The predicted molar refractivity (Wildman–Crippen MR) is 65.0 cm³/mol. The van der Waals surface area contributed by atoms with Crippen LogP contribution >= 0.6 is 0 Å². The summed E-state index contributed by atoms with van der Waals surface area (Å²) in [5, 5.41) is 0. The van der Waals surface area contributed by atoms with Crippen molar-refractivity contribution >= 4 is 5.78 Å². The van der Waals surface area contributed by atoms with Crippen molar-refractivity contribution in [1.82, 2.24) is 0 Å². The van der Waals surface area contributed by atoms with E-state index in [1.54, 1.807) is 6.92 Å². The molecule has 0 radical (unpaired) electrons. The Morgan fingerprint density at radius 2 is 2.06 bits per heavy atom. The van der Waals surface area contributed by atoms with Gasteiger partial charge in [-0.1, -0.05) is 19.4 Å². The van der Waals surface area contributed by atoms with Crippen LogP contribution in [0.5, 0.6) is 0 Å². The molecule has 0 amide bonds. The number of hydrogen-bond acceptors (Lipinski definition) is 2. The molecule has 0 spiro atoms. The van der Waals surface area contributed by atoms with Gasteiger partial charge in [0.05, 0.1) is 0 Å². The first-order valence-corrected chi connectivity index (χ1v) is 6.17. The zero-order valence-electron chi connectivity index (χ0n) is 10.4. The smallest absolute Gasteiger partial charge is 0.144 e. The van der Waals surface area contributed by atoms with Gasteiger partial charge in [0, 0.05) is 23.4 Å². The van der Waals surface area contributed by atoms with E-state index in [4.69, 9.17) is 5.73 Å². The summed E-state index contributed by atoms with van der Waals surface area (Å²) < 4.78 is 27.0. The van der Waals surface area contributed by atoms with Gasteiger partial charge in [0.2, 0.25) is 0 Å². The predicted octanol–water partition coefficient (Wildman–Crippen LogP) is 2.59. The summed E-state index contributed by atoms with van der Waals surface area (Å²) >= 11 is 0. The molecular formula is C14H17F2NO. The number of halogens is 2. The van der Waals surface area contributed by atoms with Crippen molar-refractivity contribution < 1.29 is 13.6 Å². The van der Waals surface area contributed by atoms with Gasteiger partial charge in [-0.3, -0.25) is 4.79 Å². The maximum absolute atomic E-state index is 13.5. The van der Waals surface area contributed by atoms with Crippen molar-refractivity contribution in [2.24, 2.45) is 11.1 Å². The second-order valence-corrected chi connectivity index (χ2v) is 5.22. The Balaban J connectivity index is 2.22. The lowest BCUT2D eigenvalue weighted by Crippen LogP contribution is -2.42. The number of rotatable bonds is 3. The van der Waals surface area contributed by atoms with Crippen molar-refractivity contribution in [2.75, 3.05) is 0 Å². The van der Waals surface area contributed by atoms with Crippen LogP contribution in [0.2, 0.25) is 0 Å². The van der Waals surface area contributed by atoms with Gasteiger partial charge in [-0.15, -0.1) is 0 Å². The number of carbonyl (C=O) groups excluding carboxylic acids is 1. The molecule has 98 valence electrons. The third-order valence-electron chi connectivity index (χ3n) is 4.07. The number of hydrogen-bond donors (Lipinski definition) is 1. The second-order valence-electron chi connectivity index (χ2n) is 5.22. The summed E-state index contributed by atoms with van der Waals surface area (Å²) in [6.07, 6.45) is 2.16. The molecule has 0 saturated heterocycles. The van der Waals surface area contributed by atoms with Crippen LogP contribution in [0.1, 0.15) is 31.7 Å². The minimum atomic E-state index is -0.668. The number of nitrogens with two attached hydrogens (primary N) is 1. The highest BCUT2D eigenvalue weighted by Crippen LogP contribution is 2.38. The van der Waals surface area contributed by atoms with Gasteiger partial charge < -0.3 is 5.73 Å². The van der Waals surface area contributed by atoms with E-state index in [1.165, 1.54) is 18.2 Å². The molecule has 1 aromatic rings. The van der Waals surface area contributed by atoms with Crippen LogP contribution < -0.4 is 5.73 Å². The Hall–Kier alpha value is -1.29. The Morgan fingerprint density at radius 1 is 1.44 bits per heavy atom. The number of benzene rings is 1. The molecule has 2 N–H and O–H groups in total. The van der Waals surface area contributed by atoms with E-state index in [2.05, 4.69) is 0 Å². The highest BCUT2D eigenvalue weighted by molar-refractivity contribution is 5.87. The molecule has 0 bridgehead atoms. The highest BCUT2D eigenvalue weighted by atomic mass is 19.1. The van der Waals surface area contributed by atoms with Crippen LogP contribution in [-0.2, 0) is 11.2 Å². The van der Waals surface area contributed by atoms with E-state index in [0.717, 1.165) is 12.8 Å². The molecule has 2 rings (SSSR count). The number of ketones is 1. The van der Waals surface area contributed by atoms with E-state index >= 15 is 0 Å². The van der Waals surface area contributed by atoms with Gasteiger partial charge >= 0.3 is 0 Å². The summed E-state index contributed by atoms with van der Waals surface area (Å²) in [7, 11) is 0. The van der Waals surface area contributed by atoms with Crippen molar-refractivity contribution in [1.29, 1.82) is 0 Å². The van der Waals surface area contributed by atoms with Crippen molar-refractivity contribution in [2.45, 2.75) is 38.6 Å². The van der Waals surface area contributed by atoms with Crippen LogP contribution in [0.3, 0.4) is 0 Å². The maximum atomic E-state index is 13.5. The van der Waals surface area contributed by atoms with Crippen LogP contribution in [0.4, 0.5) is 8.78 Å².